The number of para-hydroxylation sites is 2. The molecular formula is C21H29N5O. The molecule has 1 fully saturated rings. The number of aliphatic imine (C=N–C) groups is 1. The van der Waals surface area contributed by atoms with E-state index in [0.717, 1.165) is 62.1 Å². The van der Waals surface area contributed by atoms with Crippen LogP contribution >= 0.6 is 0 Å². The summed E-state index contributed by atoms with van der Waals surface area (Å²) in [5.41, 5.74) is 2.22. The molecule has 1 aliphatic rings. The summed E-state index contributed by atoms with van der Waals surface area (Å²) < 4.78 is 5.50. The molecule has 0 spiro atoms. The van der Waals surface area contributed by atoms with Crippen LogP contribution in [0.1, 0.15) is 19.0 Å². The van der Waals surface area contributed by atoms with E-state index in [9.17, 15) is 0 Å². The number of hydrogen-bond donors (Lipinski definition) is 2. The maximum Gasteiger partial charge on any atom is 0.191 e. The van der Waals surface area contributed by atoms with E-state index < -0.39 is 0 Å². The molecule has 3 rings (SSSR count). The molecule has 1 unspecified atom stereocenters. The van der Waals surface area contributed by atoms with Gasteiger partial charge in [-0.05, 0) is 37.6 Å². The van der Waals surface area contributed by atoms with E-state index in [1.165, 1.54) is 0 Å². The molecule has 1 saturated heterocycles. The number of nitrogens with zero attached hydrogens (tertiary/aromatic N) is 3. The van der Waals surface area contributed by atoms with Gasteiger partial charge in [-0.2, -0.15) is 0 Å². The first kappa shape index (κ1) is 19.0. The Morgan fingerprint density at radius 1 is 1.26 bits per heavy atom. The average Bonchev–Trinajstić information content (AvgIpc) is 3.17. The molecule has 2 N–H and O–H groups in total. The summed E-state index contributed by atoms with van der Waals surface area (Å²) in [4.78, 5) is 11.4. The lowest BCUT2D eigenvalue weighted by atomic mass is 10.2. The van der Waals surface area contributed by atoms with Crippen molar-refractivity contribution in [2.24, 2.45) is 4.99 Å². The fraction of sp³-hybridized carbons (Fsp3) is 0.429. The second kappa shape index (κ2) is 9.80. The quantitative estimate of drug-likeness (QED) is 0.581. The van der Waals surface area contributed by atoms with Gasteiger partial charge in [-0.1, -0.05) is 18.2 Å². The van der Waals surface area contributed by atoms with E-state index in [-0.39, 0.29) is 0 Å². The van der Waals surface area contributed by atoms with E-state index in [4.69, 9.17) is 9.73 Å². The highest BCUT2D eigenvalue weighted by atomic mass is 16.5. The van der Waals surface area contributed by atoms with Gasteiger partial charge in [0, 0.05) is 50.5 Å². The molecule has 2 aromatic rings. The Morgan fingerprint density at radius 2 is 2.11 bits per heavy atom. The van der Waals surface area contributed by atoms with Crippen LogP contribution in [0.15, 0.2) is 53.7 Å². The highest BCUT2D eigenvalue weighted by Crippen LogP contribution is 2.30. The van der Waals surface area contributed by atoms with Gasteiger partial charge in [-0.15, -0.1) is 0 Å². The van der Waals surface area contributed by atoms with Crippen LogP contribution in [0.3, 0.4) is 0 Å². The molecule has 1 atom stereocenters. The summed E-state index contributed by atoms with van der Waals surface area (Å²) in [7, 11) is 1.72. The molecule has 1 aromatic heterocycles. The third kappa shape index (κ3) is 5.36. The summed E-state index contributed by atoms with van der Waals surface area (Å²) in [6.45, 7) is 5.59. The van der Waals surface area contributed by atoms with Gasteiger partial charge in [0.25, 0.3) is 0 Å². The van der Waals surface area contributed by atoms with Crippen LogP contribution in [0.2, 0.25) is 0 Å². The lowest BCUT2D eigenvalue weighted by molar-refractivity contribution is 0.415. The van der Waals surface area contributed by atoms with Gasteiger partial charge >= 0.3 is 0 Å². The van der Waals surface area contributed by atoms with Crippen LogP contribution < -0.4 is 20.3 Å². The zero-order valence-corrected chi connectivity index (χ0v) is 16.2. The fourth-order valence-corrected chi connectivity index (χ4v) is 3.33. The van der Waals surface area contributed by atoms with Crippen molar-refractivity contribution >= 4 is 11.6 Å². The van der Waals surface area contributed by atoms with Crippen molar-refractivity contribution in [1.82, 2.24) is 15.6 Å². The summed E-state index contributed by atoms with van der Waals surface area (Å²) >= 11 is 0. The maximum atomic E-state index is 5.50. The molecule has 6 heteroatoms. The summed E-state index contributed by atoms with van der Waals surface area (Å²) in [6, 6.07) is 14.5. The first-order chi connectivity index (χ1) is 13.3. The first-order valence-corrected chi connectivity index (χ1v) is 9.63. The van der Waals surface area contributed by atoms with Gasteiger partial charge in [0.2, 0.25) is 0 Å². The monoisotopic (exact) mass is 367 g/mol. The van der Waals surface area contributed by atoms with Crippen LogP contribution in [-0.4, -0.2) is 50.3 Å². The van der Waals surface area contributed by atoms with E-state index in [1.54, 1.807) is 7.11 Å². The van der Waals surface area contributed by atoms with Crippen molar-refractivity contribution in [3.63, 3.8) is 0 Å². The Balaban J connectivity index is 1.56. The van der Waals surface area contributed by atoms with E-state index in [2.05, 4.69) is 39.6 Å². The number of ether oxygens (including phenoxy) is 1. The number of pyridine rings is 1. The normalized spacial score (nSPS) is 17.0. The van der Waals surface area contributed by atoms with Crippen molar-refractivity contribution in [3.05, 3.63) is 54.4 Å². The molecule has 6 nitrogen and oxygen atoms in total. The molecule has 144 valence electrons. The zero-order valence-electron chi connectivity index (χ0n) is 16.2. The maximum absolute atomic E-state index is 5.50. The van der Waals surface area contributed by atoms with E-state index in [1.807, 2.05) is 36.5 Å². The van der Waals surface area contributed by atoms with Crippen LogP contribution in [0, 0.1) is 0 Å². The Hall–Kier alpha value is -2.76. The molecule has 0 amide bonds. The second-order valence-corrected chi connectivity index (χ2v) is 6.58. The standard InChI is InChI=1S/C21H29N5O/c1-3-22-21(24-14-11-17-8-6-7-13-23-17)25-18-12-15-26(16-18)19-9-4-5-10-20(19)27-2/h4-10,13,18H,3,11-12,14-16H2,1-2H3,(H2,22,24,25). The molecule has 27 heavy (non-hydrogen) atoms. The molecule has 0 radical (unpaired) electrons. The third-order valence-corrected chi connectivity index (χ3v) is 4.66. The van der Waals surface area contributed by atoms with Gasteiger partial charge in [-0.3, -0.25) is 9.98 Å². The summed E-state index contributed by atoms with van der Waals surface area (Å²) in [5.74, 6) is 1.80. The Labute approximate surface area is 161 Å². The Morgan fingerprint density at radius 3 is 2.89 bits per heavy atom. The Bertz CT molecular complexity index is 734. The van der Waals surface area contributed by atoms with Crippen LogP contribution in [0.25, 0.3) is 0 Å². The van der Waals surface area contributed by atoms with Crippen molar-refractivity contribution in [3.8, 4) is 5.75 Å². The topological polar surface area (TPSA) is 61.8 Å². The number of aromatic nitrogens is 1. The van der Waals surface area contributed by atoms with Crippen molar-refractivity contribution in [2.75, 3.05) is 38.2 Å². The van der Waals surface area contributed by atoms with Gasteiger partial charge in [0.1, 0.15) is 5.75 Å². The molecule has 2 heterocycles. The van der Waals surface area contributed by atoms with E-state index in [0.29, 0.717) is 6.04 Å². The number of anilines is 1. The predicted molar refractivity (Wildman–Crippen MR) is 111 cm³/mol. The van der Waals surface area contributed by atoms with Crippen LogP contribution in [0.5, 0.6) is 5.75 Å². The summed E-state index contributed by atoms with van der Waals surface area (Å²) in [6.07, 6.45) is 3.74. The van der Waals surface area contributed by atoms with Gasteiger partial charge in [-0.25, -0.2) is 0 Å². The number of methoxy groups -OCH3 is 1. The average molecular weight is 367 g/mol. The minimum Gasteiger partial charge on any atom is -0.495 e. The molecule has 1 aromatic carbocycles. The van der Waals surface area contributed by atoms with Crippen molar-refractivity contribution in [2.45, 2.75) is 25.8 Å². The summed E-state index contributed by atoms with van der Waals surface area (Å²) in [5, 5.41) is 6.92. The van der Waals surface area contributed by atoms with Gasteiger partial charge in [0.05, 0.1) is 12.8 Å². The first-order valence-electron chi connectivity index (χ1n) is 9.63. The molecule has 0 bridgehead atoms. The number of benzene rings is 1. The minimum atomic E-state index is 0.363. The molecule has 0 aliphatic carbocycles. The molecular weight excluding hydrogens is 338 g/mol. The highest BCUT2D eigenvalue weighted by molar-refractivity contribution is 5.80. The lowest BCUT2D eigenvalue weighted by Crippen LogP contribution is -2.44. The SMILES string of the molecule is CCNC(=NCCc1ccccn1)NC1CCN(c2ccccc2OC)C1. The van der Waals surface area contributed by atoms with Crippen molar-refractivity contribution in [1.29, 1.82) is 0 Å². The largest absolute Gasteiger partial charge is 0.495 e. The van der Waals surface area contributed by atoms with E-state index >= 15 is 0 Å². The van der Waals surface area contributed by atoms with Gasteiger partial charge < -0.3 is 20.3 Å². The van der Waals surface area contributed by atoms with Crippen molar-refractivity contribution < 1.29 is 4.74 Å². The zero-order chi connectivity index (χ0) is 18.9. The van der Waals surface area contributed by atoms with Crippen LogP contribution in [-0.2, 0) is 6.42 Å². The van der Waals surface area contributed by atoms with Crippen LogP contribution in [0.4, 0.5) is 5.69 Å². The number of hydrogen-bond acceptors (Lipinski definition) is 4. The smallest absolute Gasteiger partial charge is 0.191 e. The predicted octanol–water partition coefficient (Wildman–Crippen LogP) is 2.47. The minimum absolute atomic E-state index is 0.363. The Kier molecular flexibility index (Phi) is 6.90. The number of nitrogens with one attached hydrogen (secondary N) is 2. The molecule has 0 saturated carbocycles. The number of guanidine groups is 1. The lowest BCUT2D eigenvalue weighted by Gasteiger charge is -2.22. The van der Waals surface area contributed by atoms with Gasteiger partial charge in [0.15, 0.2) is 5.96 Å². The third-order valence-electron chi connectivity index (χ3n) is 4.66. The second-order valence-electron chi connectivity index (χ2n) is 6.58. The fourth-order valence-electron chi connectivity index (χ4n) is 3.33. The molecule has 1 aliphatic heterocycles. The number of rotatable bonds is 7. The highest BCUT2D eigenvalue weighted by Gasteiger charge is 2.25.